The zero-order chi connectivity index (χ0) is 11.5. The molecule has 2 heterocycles. The number of carbonyl (C=O) groups is 1. The van der Waals surface area contributed by atoms with E-state index in [0.717, 1.165) is 19.4 Å². The van der Waals surface area contributed by atoms with Crippen LogP contribution in [0, 0.1) is 0 Å². The van der Waals surface area contributed by atoms with Gasteiger partial charge in [0.1, 0.15) is 0 Å². The van der Waals surface area contributed by atoms with Crippen LogP contribution in [0.1, 0.15) is 30.1 Å². The molecule has 1 aliphatic rings. The average Bonchev–Trinajstić information content (AvgIpc) is 2.29. The predicted molar refractivity (Wildman–Crippen MR) is 61.9 cm³/mol. The van der Waals surface area contributed by atoms with Gasteiger partial charge in [-0.25, -0.2) is 0 Å². The minimum absolute atomic E-state index is 0.0625. The molecule has 2 unspecified atom stereocenters. The molecule has 4 nitrogen and oxygen atoms in total. The highest BCUT2D eigenvalue weighted by atomic mass is 16.2. The number of hydrogen-bond donors (Lipinski definition) is 1. The summed E-state index contributed by atoms with van der Waals surface area (Å²) in [5, 5.41) is 0. The van der Waals surface area contributed by atoms with Gasteiger partial charge < -0.3 is 10.6 Å². The number of nitrogens with zero attached hydrogens (tertiary/aromatic N) is 2. The van der Waals surface area contributed by atoms with Crippen molar-refractivity contribution in [1.29, 1.82) is 0 Å². The first-order valence-electron chi connectivity index (χ1n) is 5.65. The summed E-state index contributed by atoms with van der Waals surface area (Å²) in [6.45, 7) is 2.79. The van der Waals surface area contributed by atoms with E-state index in [1.807, 2.05) is 11.8 Å². The molecule has 1 aromatic rings. The smallest absolute Gasteiger partial charge is 0.255 e. The topological polar surface area (TPSA) is 59.2 Å². The maximum absolute atomic E-state index is 12.2. The van der Waals surface area contributed by atoms with Crippen molar-refractivity contribution < 1.29 is 4.79 Å². The van der Waals surface area contributed by atoms with Gasteiger partial charge in [0.05, 0.1) is 5.56 Å². The summed E-state index contributed by atoms with van der Waals surface area (Å²) in [7, 11) is 0. The lowest BCUT2D eigenvalue weighted by Gasteiger charge is -2.36. The lowest BCUT2D eigenvalue weighted by molar-refractivity contribution is 0.0618. The molecule has 16 heavy (non-hydrogen) atoms. The lowest BCUT2D eigenvalue weighted by atomic mass is 9.98. The molecular formula is C12H17N3O. The Bertz CT molecular complexity index is 366. The van der Waals surface area contributed by atoms with E-state index in [4.69, 9.17) is 5.73 Å². The van der Waals surface area contributed by atoms with Crippen LogP contribution in [0.4, 0.5) is 0 Å². The Labute approximate surface area is 95.5 Å². The molecule has 0 bridgehead atoms. The molecular weight excluding hydrogens is 202 g/mol. The number of nitrogens with two attached hydrogens (primary N) is 1. The Hall–Kier alpha value is -1.42. The van der Waals surface area contributed by atoms with Gasteiger partial charge in [0.2, 0.25) is 0 Å². The second kappa shape index (κ2) is 4.61. The fraction of sp³-hybridized carbons (Fsp3) is 0.500. The van der Waals surface area contributed by atoms with Gasteiger partial charge in [-0.05, 0) is 31.9 Å². The number of rotatable bonds is 1. The van der Waals surface area contributed by atoms with E-state index >= 15 is 0 Å². The molecule has 4 heteroatoms. The van der Waals surface area contributed by atoms with Crippen LogP contribution in [0.5, 0.6) is 0 Å². The van der Waals surface area contributed by atoms with Gasteiger partial charge >= 0.3 is 0 Å². The average molecular weight is 219 g/mol. The Morgan fingerprint density at radius 3 is 3.06 bits per heavy atom. The standard InChI is InChI=1S/C12H17N3O/c1-9-7-11(13)4-6-15(9)12(16)10-3-2-5-14-8-10/h2-3,5,8-9,11H,4,6-7,13H2,1H3. The van der Waals surface area contributed by atoms with Crippen LogP contribution in [-0.4, -0.2) is 34.4 Å². The molecule has 1 aliphatic heterocycles. The van der Waals surface area contributed by atoms with Gasteiger partial charge in [0.25, 0.3) is 5.91 Å². The number of carbonyl (C=O) groups excluding carboxylic acids is 1. The summed E-state index contributed by atoms with van der Waals surface area (Å²) in [5.41, 5.74) is 6.53. The Kier molecular flexibility index (Phi) is 3.19. The Morgan fingerprint density at radius 1 is 1.62 bits per heavy atom. The van der Waals surface area contributed by atoms with Gasteiger partial charge in [-0.1, -0.05) is 0 Å². The zero-order valence-electron chi connectivity index (χ0n) is 9.47. The van der Waals surface area contributed by atoms with Crippen LogP contribution in [0.15, 0.2) is 24.5 Å². The minimum Gasteiger partial charge on any atom is -0.336 e. The van der Waals surface area contributed by atoms with Gasteiger partial charge in [0.15, 0.2) is 0 Å². The van der Waals surface area contributed by atoms with E-state index in [1.165, 1.54) is 0 Å². The number of aromatic nitrogens is 1. The molecule has 86 valence electrons. The van der Waals surface area contributed by atoms with Crippen molar-refractivity contribution in [2.24, 2.45) is 5.73 Å². The van der Waals surface area contributed by atoms with Crippen molar-refractivity contribution in [3.8, 4) is 0 Å². The lowest BCUT2D eigenvalue weighted by Crippen LogP contribution is -2.48. The molecule has 0 aliphatic carbocycles. The minimum atomic E-state index is 0.0625. The highest BCUT2D eigenvalue weighted by molar-refractivity contribution is 5.94. The van der Waals surface area contributed by atoms with Gasteiger partial charge in [-0.15, -0.1) is 0 Å². The van der Waals surface area contributed by atoms with Crippen molar-refractivity contribution in [3.63, 3.8) is 0 Å². The summed E-state index contributed by atoms with van der Waals surface area (Å²) < 4.78 is 0. The quantitative estimate of drug-likeness (QED) is 0.767. The number of amides is 1. The maximum Gasteiger partial charge on any atom is 0.255 e. The highest BCUT2D eigenvalue weighted by Gasteiger charge is 2.27. The van der Waals surface area contributed by atoms with Crippen LogP contribution < -0.4 is 5.73 Å². The fourth-order valence-electron chi connectivity index (χ4n) is 2.17. The number of hydrogen-bond acceptors (Lipinski definition) is 3. The van der Waals surface area contributed by atoms with E-state index in [1.54, 1.807) is 24.5 Å². The first-order chi connectivity index (χ1) is 7.68. The van der Waals surface area contributed by atoms with Crippen molar-refractivity contribution in [2.45, 2.75) is 31.8 Å². The largest absolute Gasteiger partial charge is 0.336 e. The van der Waals surface area contributed by atoms with E-state index in [2.05, 4.69) is 4.98 Å². The molecule has 1 aromatic heterocycles. The summed E-state index contributed by atoms with van der Waals surface area (Å²) >= 11 is 0. The second-order valence-corrected chi connectivity index (χ2v) is 4.37. The summed E-state index contributed by atoms with van der Waals surface area (Å²) in [6.07, 6.45) is 5.05. The highest BCUT2D eigenvalue weighted by Crippen LogP contribution is 2.18. The Balaban J connectivity index is 2.11. The van der Waals surface area contributed by atoms with E-state index in [-0.39, 0.29) is 18.0 Å². The predicted octanol–water partition coefficient (Wildman–Crippen LogP) is 1.03. The summed E-state index contributed by atoms with van der Waals surface area (Å²) in [6, 6.07) is 4.04. The third-order valence-corrected chi connectivity index (χ3v) is 3.09. The number of piperidine rings is 1. The molecule has 0 saturated carbocycles. The summed E-state index contributed by atoms with van der Waals surface area (Å²) in [5.74, 6) is 0.0625. The van der Waals surface area contributed by atoms with Crippen LogP contribution in [0.2, 0.25) is 0 Å². The zero-order valence-corrected chi connectivity index (χ0v) is 9.47. The Morgan fingerprint density at radius 2 is 2.44 bits per heavy atom. The second-order valence-electron chi connectivity index (χ2n) is 4.37. The van der Waals surface area contributed by atoms with E-state index < -0.39 is 0 Å². The van der Waals surface area contributed by atoms with Gasteiger partial charge in [-0.2, -0.15) is 0 Å². The number of likely N-dealkylation sites (tertiary alicyclic amines) is 1. The van der Waals surface area contributed by atoms with Crippen LogP contribution >= 0.6 is 0 Å². The number of pyridine rings is 1. The van der Waals surface area contributed by atoms with Crippen molar-refractivity contribution in [2.75, 3.05) is 6.54 Å². The molecule has 0 aromatic carbocycles. The van der Waals surface area contributed by atoms with E-state index in [9.17, 15) is 4.79 Å². The third kappa shape index (κ3) is 2.22. The van der Waals surface area contributed by atoms with Crippen molar-refractivity contribution in [3.05, 3.63) is 30.1 Å². The van der Waals surface area contributed by atoms with Crippen molar-refractivity contribution in [1.82, 2.24) is 9.88 Å². The molecule has 2 atom stereocenters. The monoisotopic (exact) mass is 219 g/mol. The molecule has 1 fully saturated rings. The van der Waals surface area contributed by atoms with Crippen LogP contribution in [0.3, 0.4) is 0 Å². The first-order valence-corrected chi connectivity index (χ1v) is 5.65. The summed E-state index contributed by atoms with van der Waals surface area (Å²) in [4.78, 5) is 18.0. The van der Waals surface area contributed by atoms with Crippen LogP contribution in [0.25, 0.3) is 0 Å². The SMILES string of the molecule is CC1CC(N)CCN1C(=O)c1cccnc1. The molecule has 0 radical (unpaired) electrons. The normalized spacial score (nSPS) is 25.5. The molecule has 1 amide bonds. The van der Waals surface area contributed by atoms with Crippen molar-refractivity contribution >= 4 is 5.91 Å². The maximum atomic E-state index is 12.2. The first kappa shape index (κ1) is 11.1. The molecule has 1 saturated heterocycles. The van der Waals surface area contributed by atoms with Gasteiger partial charge in [0, 0.05) is 31.0 Å². The molecule has 2 N–H and O–H groups in total. The fourth-order valence-corrected chi connectivity index (χ4v) is 2.17. The van der Waals surface area contributed by atoms with E-state index in [0.29, 0.717) is 5.56 Å². The molecule has 0 spiro atoms. The van der Waals surface area contributed by atoms with Gasteiger partial charge in [-0.3, -0.25) is 9.78 Å². The van der Waals surface area contributed by atoms with Crippen LogP contribution in [-0.2, 0) is 0 Å². The molecule has 2 rings (SSSR count). The third-order valence-electron chi connectivity index (χ3n) is 3.09.